The Bertz CT molecular complexity index is 1490. The molecule has 2 aliphatic heterocycles. The van der Waals surface area contributed by atoms with Crippen molar-refractivity contribution in [3.05, 3.63) is 77.6 Å². The van der Waals surface area contributed by atoms with Crippen molar-refractivity contribution in [2.75, 3.05) is 32.7 Å². The average molecular weight is 601 g/mol. The number of amides is 4. The lowest BCUT2D eigenvalue weighted by molar-refractivity contribution is -0.145. The highest BCUT2D eigenvalue weighted by atomic mass is 16.6. The van der Waals surface area contributed by atoms with Gasteiger partial charge in [-0.2, -0.15) is 0 Å². The van der Waals surface area contributed by atoms with Crippen LogP contribution in [0, 0.1) is 6.92 Å². The second-order valence-electron chi connectivity index (χ2n) is 11.5. The Labute approximate surface area is 257 Å². The summed E-state index contributed by atoms with van der Waals surface area (Å²) in [5, 5.41) is 4.96. The first-order valence-electron chi connectivity index (χ1n) is 15.2. The summed E-state index contributed by atoms with van der Waals surface area (Å²) in [7, 11) is 0. The predicted octanol–water partition coefficient (Wildman–Crippen LogP) is 2.74. The standard InChI is InChI=1S/C33H40N6O5/c1-23-17-27-18-25(9-10-26(27)20-35-23)19-36-31(41)29-21-38(33(43)44-22-24-7-3-2-4-8-24)15-16-39(29)32(42)28(34)11-12-30(40)37-13-5-6-14-37/h2-4,7-10,17-18,20,28-29H,5-6,11-16,19,21-22,34H2,1H3,(H,36,41). The van der Waals surface area contributed by atoms with E-state index in [2.05, 4.69) is 10.3 Å². The molecule has 2 saturated heterocycles. The summed E-state index contributed by atoms with van der Waals surface area (Å²) < 4.78 is 5.51. The highest BCUT2D eigenvalue weighted by Gasteiger charge is 2.39. The number of ether oxygens (including phenoxy) is 1. The molecule has 11 heteroatoms. The van der Waals surface area contributed by atoms with Crippen molar-refractivity contribution < 1.29 is 23.9 Å². The van der Waals surface area contributed by atoms with E-state index in [1.165, 1.54) is 9.80 Å². The van der Waals surface area contributed by atoms with Gasteiger partial charge >= 0.3 is 6.09 Å². The molecule has 11 nitrogen and oxygen atoms in total. The van der Waals surface area contributed by atoms with Gasteiger partial charge in [0.1, 0.15) is 12.6 Å². The first kappa shape index (κ1) is 30.9. The fourth-order valence-corrected chi connectivity index (χ4v) is 5.71. The number of fused-ring (bicyclic) bond motifs is 1. The van der Waals surface area contributed by atoms with E-state index < -0.39 is 30.0 Å². The molecule has 232 valence electrons. The molecular weight excluding hydrogens is 560 g/mol. The molecule has 0 radical (unpaired) electrons. The second kappa shape index (κ2) is 14.3. The minimum Gasteiger partial charge on any atom is -0.445 e. The van der Waals surface area contributed by atoms with Gasteiger partial charge in [-0.25, -0.2) is 4.79 Å². The van der Waals surface area contributed by atoms with E-state index in [-0.39, 0.29) is 51.5 Å². The summed E-state index contributed by atoms with van der Waals surface area (Å²) in [6.45, 7) is 4.01. The summed E-state index contributed by atoms with van der Waals surface area (Å²) in [4.78, 5) is 61.7. The zero-order valence-electron chi connectivity index (χ0n) is 25.1. The van der Waals surface area contributed by atoms with E-state index in [9.17, 15) is 19.2 Å². The zero-order valence-corrected chi connectivity index (χ0v) is 25.1. The number of nitrogens with two attached hydrogens (primary N) is 1. The van der Waals surface area contributed by atoms with Crippen molar-refractivity contribution in [1.29, 1.82) is 0 Å². The van der Waals surface area contributed by atoms with Gasteiger partial charge < -0.3 is 30.5 Å². The van der Waals surface area contributed by atoms with Gasteiger partial charge in [0.25, 0.3) is 0 Å². The quantitative estimate of drug-likeness (QED) is 0.385. The number of carbonyl (C=O) groups excluding carboxylic acids is 4. The Morgan fingerprint density at radius 1 is 0.955 bits per heavy atom. The van der Waals surface area contributed by atoms with Gasteiger partial charge in [0.15, 0.2) is 0 Å². The van der Waals surface area contributed by atoms with Gasteiger partial charge in [-0.15, -0.1) is 0 Å². The smallest absolute Gasteiger partial charge is 0.410 e. The number of benzene rings is 2. The fourth-order valence-electron chi connectivity index (χ4n) is 5.71. The maximum Gasteiger partial charge on any atom is 0.410 e. The van der Waals surface area contributed by atoms with Crippen LogP contribution in [-0.2, 0) is 32.3 Å². The number of piperazine rings is 1. The van der Waals surface area contributed by atoms with Gasteiger partial charge in [-0.1, -0.05) is 42.5 Å². The largest absolute Gasteiger partial charge is 0.445 e. The number of aromatic nitrogens is 1. The van der Waals surface area contributed by atoms with Crippen LogP contribution in [0.3, 0.4) is 0 Å². The second-order valence-corrected chi connectivity index (χ2v) is 11.5. The van der Waals surface area contributed by atoms with E-state index in [1.54, 1.807) is 4.90 Å². The Balaban J connectivity index is 1.25. The molecule has 0 spiro atoms. The first-order valence-corrected chi connectivity index (χ1v) is 15.2. The summed E-state index contributed by atoms with van der Waals surface area (Å²) in [5.41, 5.74) is 8.92. The number of aryl methyl sites for hydroxylation is 1. The van der Waals surface area contributed by atoms with Crippen LogP contribution >= 0.6 is 0 Å². The minimum atomic E-state index is -0.965. The Kier molecular flexibility index (Phi) is 10.1. The molecule has 3 heterocycles. The van der Waals surface area contributed by atoms with Gasteiger partial charge in [0, 0.05) is 56.4 Å². The fraction of sp³-hybridized carbons (Fsp3) is 0.424. The average Bonchev–Trinajstić information content (AvgIpc) is 3.60. The van der Waals surface area contributed by atoms with E-state index in [4.69, 9.17) is 10.5 Å². The van der Waals surface area contributed by atoms with Crippen molar-refractivity contribution >= 4 is 34.6 Å². The summed E-state index contributed by atoms with van der Waals surface area (Å²) in [5.74, 6) is -0.817. The normalized spacial score (nSPS) is 17.4. The topological polar surface area (TPSA) is 138 Å². The number of hydrogen-bond acceptors (Lipinski definition) is 7. The molecule has 3 N–H and O–H groups in total. The number of hydrogen-bond donors (Lipinski definition) is 2. The molecule has 4 amide bonds. The summed E-state index contributed by atoms with van der Waals surface area (Å²) in [6.07, 6.45) is 3.59. The highest BCUT2D eigenvalue weighted by Crippen LogP contribution is 2.19. The Morgan fingerprint density at radius 2 is 1.73 bits per heavy atom. The predicted molar refractivity (Wildman–Crippen MR) is 165 cm³/mol. The maximum absolute atomic E-state index is 13.6. The molecule has 2 fully saturated rings. The van der Waals surface area contributed by atoms with Gasteiger partial charge in [-0.3, -0.25) is 19.4 Å². The van der Waals surface area contributed by atoms with E-state index in [1.807, 2.05) is 67.7 Å². The minimum absolute atomic E-state index is 0.00705. The van der Waals surface area contributed by atoms with Crippen molar-refractivity contribution in [1.82, 2.24) is 25.0 Å². The van der Waals surface area contributed by atoms with E-state index in [0.717, 1.165) is 53.5 Å². The molecule has 5 rings (SSSR count). The molecule has 0 aliphatic carbocycles. The monoisotopic (exact) mass is 600 g/mol. The van der Waals surface area contributed by atoms with E-state index >= 15 is 0 Å². The number of pyridine rings is 1. The van der Waals surface area contributed by atoms with Crippen molar-refractivity contribution in [3.63, 3.8) is 0 Å². The van der Waals surface area contributed by atoms with Crippen LogP contribution in [0.4, 0.5) is 4.79 Å². The number of likely N-dealkylation sites (tertiary alicyclic amines) is 1. The maximum atomic E-state index is 13.6. The third-order valence-electron chi connectivity index (χ3n) is 8.26. The molecule has 0 saturated carbocycles. The molecule has 2 aliphatic rings. The van der Waals surface area contributed by atoms with Crippen molar-refractivity contribution in [2.24, 2.45) is 5.73 Å². The Morgan fingerprint density at radius 3 is 2.50 bits per heavy atom. The summed E-state index contributed by atoms with van der Waals surface area (Å²) >= 11 is 0. The third kappa shape index (κ3) is 7.71. The van der Waals surface area contributed by atoms with Crippen LogP contribution in [0.5, 0.6) is 0 Å². The van der Waals surface area contributed by atoms with Gasteiger partial charge in [-0.05, 0) is 54.8 Å². The van der Waals surface area contributed by atoms with Crippen LogP contribution in [0.2, 0.25) is 0 Å². The lowest BCUT2D eigenvalue weighted by Crippen LogP contribution is -2.63. The van der Waals surface area contributed by atoms with Gasteiger partial charge in [0.05, 0.1) is 12.6 Å². The number of nitrogens with zero attached hydrogens (tertiary/aromatic N) is 4. The third-order valence-corrected chi connectivity index (χ3v) is 8.26. The molecule has 2 unspecified atom stereocenters. The number of nitrogens with one attached hydrogen (secondary N) is 1. The van der Waals surface area contributed by atoms with Crippen LogP contribution in [0.15, 0.2) is 60.8 Å². The number of carbonyl (C=O) groups is 4. The van der Waals surface area contributed by atoms with Crippen LogP contribution < -0.4 is 11.1 Å². The SMILES string of the molecule is Cc1cc2cc(CNC(=O)C3CN(C(=O)OCc4ccccc4)CCN3C(=O)C(N)CCC(=O)N3CCCC3)ccc2cn1. The highest BCUT2D eigenvalue weighted by molar-refractivity contribution is 5.91. The molecule has 1 aromatic heterocycles. The molecule has 2 atom stereocenters. The van der Waals surface area contributed by atoms with Gasteiger partial charge in [0.2, 0.25) is 17.7 Å². The molecular formula is C33H40N6O5. The van der Waals surface area contributed by atoms with Crippen LogP contribution in [-0.4, -0.2) is 88.3 Å². The van der Waals surface area contributed by atoms with E-state index in [0.29, 0.717) is 0 Å². The summed E-state index contributed by atoms with van der Waals surface area (Å²) in [6, 6.07) is 15.3. The molecule has 0 bridgehead atoms. The first-order chi connectivity index (χ1) is 21.3. The lowest BCUT2D eigenvalue weighted by Gasteiger charge is -2.41. The molecule has 2 aromatic carbocycles. The molecule has 44 heavy (non-hydrogen) atoms. The molecule has 3 aromatic rings. The lowest BCUT2D eigenvalue weighted by atomic mass is 10.1. The van der Waals surface area contributed by atoms with Crippen LogP contribution in [0.25, 0.3) is 10.8 Å². The van der Waals surface area contributed by atoms with Crippen molar-refractivity contribution in [3.8, 4) is 0 Å². The van der Waals surface area contributed by atoms with Crippen LogP contribution in [0.1, 0.15) is 42.5 Å². The van der Waals surface area contributed by atoms with Crippen molar-refractivity contribution in [2.45, 2.75) is 57.8 Å². The Hall–Kier alpha value is -4.51. The zero-order chi connectivity index (χ0) is 31.1. The number of rotatable bonds is 9.